The largest absolute Gasteiger partial charge is 0.480 e. The molecule has 0 heterocycles. The number of carbonyl (C=O) groups is 1. The third-order valence-electron chi connectivity index (χ3n) is 2.86. The maximum absolute atomic E-state index is 12.1. The third-order valence-corrected chi connectivity index (χ3v) is 4.20. The van der Waals surface area contributed by atoms with Crippen molar-refractivity contribution in [1.82, 2.24) is 4.72 Å². The minimum absolute atomic E-state index is 0.00804. The Labute approximate surface area is 128 Å². The fourth-order valence-electron chi connectivity index (χ4n) is 1.94. The lowest BCUT2D eigenvalue weighted by Gasteiger charge is -2.16. The van der Waals surface area contributed by atoms with E-state index in [-0.39, 0.29) is 23.6 Å². The van der Waals surface area contributed by atoms with Crippen molar-refractivity contribution in [3.63, 3.8) is 0 Å². The van der Waals surface area contributed by atoms with E-state index in [0.29, 0.717) is 0 Å². The first-order chi connectivity index (χ1) is 10.1. The first-order valence-corrected chi connectivity index (χ1v) is 8.22. The van der Waals surface area contributed by atoms with Crippen LogP contribution in [0.2, 0.25) is 0 Å². The smallest absolute Gasteiger partial charge is 0.321 e. The highest BCUT2D eigenvalue weighted by Crippen LogP contribution is 2.20. The number of aliphatic carboxylic acids is 1. The van der Waals surface area contributed by atoms with Gasteiger partial charge in [0.2, 0.25) is 10.0 Å². The van der Waals surface area contributed by atoms with E-state index in [4.69, 9.17) is 5.11 Å². The number of nitrogens with one attached hydrogen (secondary N) is 1. The Bertz CT molecular complexity index is 656. The van der Waals surface area contributed by atoms with E-state index in [0.717, 1.165) is 0 Å². The zero-order valence-electron chi connectivity index (χ0n) is 12.2. The number of carboxylic acid groups (broad SMARTS) is 1. The van der Waals surface area contributed by atoms with Gasteiger partial charge >= 0.3 is 5.97 Å². The Hall–Kier alpha value is -2.00. The normalized spacial score (nSPS) is 13.0. The molecule has 0 aliphatic rings. The molecule has 1 atom stereocenters. The summed E-state index contributed by atoms with van der Waals surface area (Å²) in [5.74, 6) is -1.94. The average molecular weight is 330 g/mol. The first kappa shape index (κ1) is 18.1. The standard InChI is InChI=1S/C13H18N2O6S/c1-9(2)7-11(13(16)17)14-22(20,21)8-10-5-3-4-6-12(10)15(18)19/h3-6,9,11,14H,7-8H2,1-2H3,(H,16,17)/t11-/m0/s1. The van der Waals surface area contributed by atoms with Crippen molar-refractivity contribution in [2.75, 3.05) is 0 Å². The molecule has 9 heteroatoms. The number of nitro groups is 1. The molecule has 0 spiro atoms. The lowest BCUT2D eigenvalue weighted by atomic mass is 10.1. The summed E-state index contributed by atoms with van der Waals surface area (Å²) in [7, 11) is -4.02. The highest BCUT2D eigenvalue weighted by molar-refractivity contribution is 7.88. The number of nitrogens with zero attached hydrogens (tertiary/aromatic N) is 1. The van der Waals surface area contributed by atoms with Crippen LogP contribution in [0.15, 0.2) is 24.3 Å². The molecule has 1 rings (SSSR count). The van der Waals surface area contributed by atoms with Crippen LogP contribution in [0.1, 0.15) is 25.8 Å². The highest BCUT2D eigenvalue weighted by Gasteiger charge is 2.27. The van der Waals surface area contributed by atoms with Crippen LogP contribution in [0, 0.1) is 16.0 Å². The van der Waals surface area contributed by atoms with E-state index in [1.807, 2.05) is 0 Å². The van der Waals surface area contributed by atoms with Crippen LogP contribution >= 0.6 is 0 Å². The van der Waals surface area contributed by atoms with Crippen LogP contribution in [-0.4, -0.2) is 30.5 Å². The lowest BCUT2D eigenvalue weighted by molar-refractivity contribution is -0.385. The summed E-state index contributed by atoms with van der Waals surface area (Å²) in [6.45, 7) is 3.54. The highest BCUT2D eigenvalue weighted by atomic mass is 32.2. The quantitative estimate of drug-likeness (QED) is 0.549. The van der Waals surface area contributed by atoms with Gasteiger partial charge in [-0.15, -0.1) is 0 Å². The zero-order chi connectivity index (χ0) is 16.9. The Morgan fingerprint density at radius 3 is 2.45 bits per heavy atom. The Balaban J connectivity index is 2.96. The van der Waals surface area contributed by atoms with E-state index >= 15 is 0 Å². The number of rotatable bonds is 8. The van der Waals surface area contributed by atoms with Crippen molar-refractivity contribution in [2.24, 2.45) is 5.92 Å². The van der Waals surface area contributed by atoms with Crippen LogP contribution in [0.25, 0.3) is 0 Å². The molecule has 2 N–H and O–H groups in total. The minimum atomic E-state index is -4.02. The summed E-state index contributed by atoms with van der Waals surface area (Å²) < 4.78 is 26.2. The SMILES string of the molecule is CC(C)C[C@H](NS(=O)(=O)Cc1ccccc1[N+](=O)[O-])C(=O)O. The number of nitro benzene ring substituents is 1. The molecule has 0 bridgehead atoms. The molecule has 0 aliphatic heterocycles. The number of carboxylic acids is 1. The van der Waals surface area contributed by atoms with Crippen molar-refractivity contribution in [3.05, 3.63) is 39.9 Å². The summed E-state index contributed by atoms with van der Waals surface area (Å²) in [4.78, 5) is 21.3. The topological polar surface area (TPSA) is 127 Å². The van der Waals surface area contributed by atoms with Gasteiger partial charge in [-0.25, -0.2) is 13.1 Å². The van der Waals surface area contributed by atoms with Crippen molar-refractivity contribution in [1.29, 1.82) is 0 Å². The van der Waals surface area contributed by atoms with Crippen LogP contribution in [-0.2, 0) is 20.6 Å². The van der Waals surface area contributed by atoms with E-state index in [9.17, 15) is 23.3 Å². The van der Waals surface area contributed by atoms with Gasteiger partial charge < -0.3 is 5.11 Å². The van der Waals surface area contributed by atoms with E-state index in [1.54, 1.807) is 13.8 Å². The summed E-state index contributed by atoms with van der Waals surface area (Å²) in [6.07, 6.45) is 0.130. The molecule has 0 saturated heterocycles. The van der Waals surface area contributed by atoms with Crippen LogP contribution in [0.4, 0.5) is 5.69 Å². The van der Waals surface area contributed by atoms with Gasteiger partial charge in [0.15, 0.2) is 0 Å². The maximum atomic E-state index is 12.1. The van der Waals surface area contributed by atoms with Gasteiger partial charge in [0.05, 0.1) is 10.7 Å². The number of hydrogen-bond donors (Lipinski definition) is 2. The van der Waals surface area contributed by atoms with Crippen LogP contribution in [0.3, 0.4) is 0 Å². The van der Waals surface area contributed by atoms with Gasteiger partial charge in [0, 0.05) is 11.6 Å². The molecule has 8 nitrogen and oxygen atoms in total. The molecular weight excluding hydrogens is 312 g/mol. The lowest BCUT2D eigenvalue weighted by Crippen LogP contribution is -2.42. The predicted octanol–water partition coefficient (Wildman–Crippen LogP) is 1.51. The molecule has 0 fully saturated rings. The fraction of sp³-hybridized carbons (Fsp3) is 0.462. The average Bonchev–Trinajstić information content (AvgIpc) is 2.36. The molecule has 0 aromatic heterocycles. The van der Waals surface area contributed by atoms with Gasteiger partial charge in [-0.2, -0.15) is 0 Å². The molecule has 0 radical (unpaired) electrons. The summed E-state index contributed by atoms with van der Waals surface area (Å²) >= 11 is 0. The van der Waals surface area contributed by atoms with Crippen molar-refractivity contribution >= 4 is 21.7 Å². The molecule has 0 unspecified atom stereocenters. The predicted molar refractivity (Wildman–Crippen MR) is 79.7 cm³/mol. The minimum Gasteiger partial charge on any atom is -0.480 e. The molecule has 0 amide bonds. The van der Waals surface area contributed by atoms with Gasteiger partial charge in [-0.3, -0.25) is 14.9 Å². The molecular formula is C13H18N2O6S. The monoisotopic (exact) mass is 330 g/mol. The van der Waals surface area contributed by atoms with E-state index < -0.39 is 32.7 Å². The van der Waals surface area contributed by atoms with Gasteiger partial charge in [-0.05, 0) is 12.3 Å². The van der Waals surface area contributed by atoms with E-state index in [2.05, 4.69) is 4.72 Å². The Morgan fingerprint density at radius 2 is 1.95 bits per heavy atom. The zero-order valence-corrected chi connectivity index (χ0v) is 13.0. The molecule has 1 aromatic rings. The van der Waals surface area contributed by atoms with E-state index in [1.165, 1.54) is 24.3 Å². The van der Waals surface area contributed by atoms with Gasteiger partial charge in [-0.1, -0.05) is 32.0 Å². The second-order valence-corrected chi connectivity index (χ2v) is 7.04. The van der Waals surface area contributed by atoms with Crippen LogP contribution in [0.5, 0.6) is 0 Å². The third kappa shape index (κ3) is 5.41. The number of sulfonamides is 1. The number of para-hydroxylation sites is 1. The van der Waals surface area contributed by atoms with Crippen molar-refractivity contribution in [2.45, 2.75) is 32.1 Å². The van der Waals surface area contributed by atoms with Crippen molar-refractivity contribution < 1.29 is 23.2 Å². The first-order valence-electron chi connectivity index (χ1n) is 6.57. The number of hydrogen-bond acceptors (Lipinski definition) is 5. The molecule has 0 aliphatic carbocycles. The number of benzene rings is 1. The molecule has 0 saturated carbocycles. The molecule has 1 aromatic carbocycles. The maximum Gasteiger partial charge on any atom is 0.321 e. The molecule has 22 heavy (non-hydrogen) atoms. The Morgan fingerprint density at radius 1 is 1.36 bits per heavy atom. The summed E-state index contributed by atoms with van der Waals surface area (Å²) in [5.41, 5.74) is -0.308. The second-order valence-electron chi connectivity index (χ2n) is 5.28. The summed E-state index contributed by atoms with van der Waals surface area (Å²) in [5, 5.41) is 19.9. The molecule has 122 valence electrons. The van der Waals surface area contributed by atoms with Crippen molar-refractivity contribution in [3.8, 4) is 0 Å². The van der Waals surface area contributed by atoms with Crippen LogP contribution < -0.4 is 4.72 Å². The summed E-state index contributed by atoms with van der Waals surface area (Å²) in [6, 6.07) is 4.19. The fourth-order valence-corrected chi connectivity index (χ4v) is 3.31. The van der Waals surface area contributed by atoms with Gasteiger partial charge in [0.25, 0.3) is 5.69 Å². The second kappa shape index (κ2) is 7.32. The Kier molecular flexibility index (Phi) is 6.01. The van der Waals surface area contributed by atoms with Gasteiger partial charge in [0.1, 0.15) is 6.04 Å².